The molecule has 3 nitrogen and oxygen atoms in total. The van der Waals surface area contributed by atoms with Gasteiger partial charge in [0.1, 0.15) is 6.73 Å². The Morgan fingerprint density at radius 3 is 3.00 bits per heavy atom. The summed E-state index contributed by atoms with van der Waals surface area (Å²) < 4.78 is 5.02. The molecule has 1 saturated heterocycles. The van der Waals surface area contributed by atoms with Crippen LogP contribution in [0.3, 0.4) is 0 Å². The van der Waals surface area contributed by atoms with Crippen molar-refractivity contribution in [2.45, 2.75) is 19.4 Å². The van der Waals surface area contributed by atoms with Crippen molar-refractivity contribution in [2.75, 3.05) is 6.73 Å². The summed E-state index contributed by atoms with van der Waals surface area (Å²) in [6.45, 7) is 2.26. The van der Waals surface area contributed by atoms with Crippen molar-refractivity contribution in [1.29, 1.82) is 0 Å². The molecule has 0 aromatic heterocycles. The third-order valence-corrected chi connectivity index (χ3v) is 1.11. The molecule has 1 fully saturated rings. The minimum atomic E-state index is 0.0868. The molecule has 1 N–H and O–H groups in total. The van der Waals surface area contributed by atoms with Crippen molar-refractivity contribution in [2.24, 2.45) is 0 Å². The lowest BCUT2D eigenvalue weighted by Crippen LogP contribution is -2.36. The number of hydrogen-bond acceptors (Lipinski definition) is 2. The van der Waals surface area contributed by atoms with E-state index in [9.17, 15) is 4.79 Å². The first-order valence-corrected chi connectivity index (χ1v) is 2.67. The van der Waals surface area contributed by atoms with E-state index >= 15 is 0 Å². The van der Waals surface area contributed by atoms with Crippen LogP contribution >= 0.6 is 0 Å². The predicted molar refractivity (Wildman–Crippen MR) is 28.2 cm³/mol. The zero-order valence-electron chi connectivity index (χ0n) is 4.81. The fourth-order valence-electron chi connectivity index (χ4n) is 0.657. The molecule has 1 aliphatic heterocycles. The molecule has 1 aliphatic rings. The second-order valence-electron chi connectivity index (χ2n) is 1.93. The number of carbonyl (C=O) groups excluding carboxylic acids is 1. The maximum absolute atomic E-state index is 10.5. The Balaban J connectivity index is 2.34. The lowest BCUT2D eigenvalue weighted by molar-refractivity contribution is -0.131. The van der Waals surface area contributed by atoms with E-state index in [1.54, 1.807) is 0 Å². The van der Waals surface area contributed by atoms with Gasteiger partial charge in [-0.05, 0) is 6.92 Å². The maximum Gasteiger partial charge on any atom is 0.224 e. The molecule has 0 aliphatic carbocycles. The number of carbonyl (C=O) groups is 1. The first kappa shape index (κ1) is 5.56. The average molecular weight is 115 g/mol. The molecule has 0 radical (unpaired) electrons. The van der Waals surface area contributed by atoms with Crippen LogP contribution in [0, 0.1) is 0 Å². The quantitative estimate of drug-likeness (QED) is 0.477. The molecule has 3 heteroatoms. The summed E-state index contributed by atoms with van der Waals surface area (Å²) in [6.07, 6.45) is 0.601. The van der Waals surface area contributed by atoms with E-state index in [1.165, 1.54) is 0 Å². The number of amides is 1. The average Bonchev–Trinajstić information content (AvgIpc) is 1.64. The smallest absolute Gasteiger partial charge is 0.224 e. The van der Waals surface area contributed by atoms with Gasteiger partial charge in [-0.2, -0.15) is 0 Å². The van der Waals surface area contributed by atoms with Crippen molar-refractivity contribution >= 4 is 5.91 Å². The van der Waals surface area contributed by atoms with Crippen molar-refractivity contribution in [3.05, 3.63) is 0 Å². The monoisotopic (exact) mass is 115 g/mol. The normalized spacial score (nSPS) is 29.6. The molecule has 0 bridgehead atoms. The Labute approximate surface area is 48.0 Å². The lowest BCUT2D eigenvalue weighted by Gasteiger charge is -2.18. The van der Waals surface area contributed by atoms with Gasteiger partial charge in [0.2, 0.25) is 5.91 Å². The zero-order chi connectivity index (χ0) is 5.98. The van der Waals surface area contributed by atoms with E-state index in [1.807, 2.05) is 6.92 Å². The largest absolute Gasteiger partial charge is 0.358 e. The zero-order valence-corrected chi connectivity index (χ0v) is 4.81. The highest BCUT2D eigenvalue weighted by molar-refractivity contribution is 5.76. The van der Waals surface area contributed by atoms with E-state index in [0.717, 1.165) is 0 Å². The highest BCUT2D eigenvalue weighted by Crippen LogP contribution is 1.99. The van der Waals surface area contributed by atoms with Crippen molar-refractivity contribution in [1.82, 2.24) is 5.32 Å². The summed E-state index contributed by atoms with van der Waals surface area (Å²) in [5, 5.41) is 2.55. The molecular formula is C5H9NO2. The molecule has 8 heavy (non-hydrogen) atoms. The van der Waals surface area contributed by atoms with Gasteiger partial charge in [-0.15, -0.1) is 0 Å². The van der Waals surface area contributed by atoms with Crippen LogP contribution in [0.2, 0.25) is 0 Å². The standard InChI is InChI=1S/C5H9NO2/c1-4-2-5(7)6-3-8-4/h4H,2-3H2,1H3,(H,6,7). The van der Waals surface area contributed by atoms with E-state index in [2.05, 4.69) is 5.32 Å². The minimum Gasteiger partial charge on any atom is -0.358 e. The Morgan fingerprint density at radius 2 is 2.62 bits per heavy atom. The first-order valence-electron chi connectivity index (χ1n) is 2.67. The van der Waals surface area contributed by atoms with Crippen LogP contribution in [0.15, 0.2) is 0 Å². The molecule has 0 saturated carbocycles. The van der Waals surface area contributed by atoms with Crippen LogP contribution in [0.5, 0.6) is 0 Å². The molecule has 0 aromatic carbocycles. The van der Waals surface area contributed by atoms with Crippen LogP contribution in [0.25, 0.3) is 0 Å². The van der Waals surface area contributed by atoms with Crippen LogP contribution in [0.4, 0.5) is 0 Å². The highest BCUT2D eigenvalue weighted by atomic mass is 16.5. The number of rotatable bonds is 0. The molecule has 1 amide bonds. The Morgan fingerprint density at radius 1 is 1.88 bits per heavy atom. The van der Waals surface area contributed by atoms with Crippen molar-refractivity contribution in [3.63, 3.8) is 0 Å². The second-order valence-corrected chi connectivity index (χ2v) is 1.93. The van der Waals surface area contributed by atoms with Crippen LogP contribution in [-0.2, 0) is 9.53 Å². The lowest BCUT2D eigenvalue weighted by atomic mass is 10.2. The van der Waals surface area contributed by atoms with Crippen LogP contribution < -0.4 is 5.32 Å². The summed E-state index contributed by atoms with van der Waals surface area (Å²) >= 11 is 0. The summed E-state index contributed by atoms with van der Waals surface area (Å²) in [5.74, 6) is 0.0868. The van der Waals surface area contributed by atoms with Crippen molar-refractivity contribution in [3.8, 4) is 0 Å². The summed E-state index contributed by atoms with van der Waals surface area (Å²) in [6, 6.07) is 0. The summed E-state index contributed by atoms with van der Waals surface area (Å²) in [4.78, 5) is 10.5. The molecule has 1 heterocycles. The SMILES string of the molecule is CC1CC(=O)NCO1. The van der Waals surface area contributed by atoms with Crippen LogP contribution in [-0.4, -0.2) is 18.7 Å². The van der Waals surface area contributed by atoms with Crippen molar-refractivity contribution < 1.29 is 9.53 Å². The minimum absolute atomic E-state index is 0.0868. The Kier molecular flexibility index (Phi) is 1.48. The van der Waals surface area contributed by atoms with E-state index in [0.29, 0.717) is 13.2 Å². The van der Waals surface area contributed by atoms with Crippen LogP contribution in [0.1, 0.15) is 13.3 Å². The highest BCUT2D eigenvalue weighted by Gasteiger charge is 2.13. The second kappa shape index (κ2) is 2.13. The summed E-state index contributed by atoms with van der Waals surface area (Å²) in [5.41, 5.74) is 0. The van der Waals surface area contributed by atoms with Gasteiger partial charge in [0.15, 0.2) is 0 Å². The van der Waals surface area contributed by atoms with Gasteiger partial charge in [0.05, 0.1) is 12.5 Å². The van der Waals surface area contributed by atoms with E-state index in [4.69, 9.17) is 4.74 Å². The van der Waals surface area contributed by atoms with Gasteiger partial charge < -0.3 is 10.1 Å². The fourth-order valence-corrected chi connectivity index (χ4v) is 0.657. The third-order valence-electron chi connectivity index (χ3n) is 1.11. The summed E-state index contributed by atoms with van der Waals surface area (Å²) in [7, 11) is 0. The van der Waals surface area contributed by atoms with Gasteiger partial charge in [-0.3, -0.25) is 4.79 Å². The number of nitrogens with one attached hydrogen (secondary N) is 1. The topological polar surface area (TPSA) is 38.3 Å². The third kappa shape index (κ3) is 1.20. The van der Waals surface area contributed by atoms with Gasteiger partial charge in [0, 0.05) is 0 Å². The molecule has 46 valence electrons. The van der Waals surface area contributed by atoms with Gasteiger partial charge >= 0.3 is 0 Å². The molecule has 1 rings (SSSR count). The Hall–Kier alpha value is -0.570. The molecule has 1 unspecified atom stereocenters. The Bertz CT molecular complexity index is 103. The van der Waals surface area contributed by atoms with E-state index in [-0.39, 0.29) is 12.0 Å². The predicted octanol–water partition coefficient (Wildman–Crippen LogP) is -0.131. The molecule has 0 spiro atoms. The van der Waals surface area contributed by atoms with Gasteiger partial charge in [-0.1, -0.05) is 0 Å². The number of ether oxygens (including phenoxy) is 1. The molecular weight excluding hydrogens is 106 g/mol. The van der Waals surface area contributed by atoms with E-state index < -0.39 is 0 Å². The first-order chi connectivity index (χ1) is 3.79. The van der Waals surface area contributed by atoms with Gasteiger partial charge in [-0.25, -0.2) is 0 Å². The molecule has 1 atom stereocenters. The van der Waals surface area contributed by atoms with Gasteiger partial charge in [0.25, 0.3) is 0 Å². The fraction of sp³-hybridized carbons (Fsp3) is 0.800. The number of hydrogen-bond donors (Lipinski definition) is 1. The maximum atomic E-state index is 10.5. The molecule has 0 aromatic rings.